The quantitative estimate of drug-likeness (QED) is 0.293. The third-order valence-electron chi connectivity index (χ3n) is 7.20. The normalized spacial score (nSPS) is 16.5. The molecule has 2 amide bonds. The molecule has 2 fully saturated rings. The smallest absolute Gasteiger partial charge is 0.323 e. The number of thiophene rings is 1. The standard InChI is InChI=1S/C28H32N10O4S2/c1-44(40,41)38-10-8-36(9-11-38)18-23-6-7-24(43-23)26-33-25(34-27(35-26)37-12-14-42-15-13-37)20-2-4-21(5-3-20)31-28(39)32-22-16-29-19-30-17-22/h2-7,16-17,19H,8-15,18H2,1H3,(H2,31,32,39). The summed E-state index contributed by atoms with van der Waals surface area (Å²) in [4.78, 5) is 41.1. The van der Waals surface area contributed by atoms with Crippen LogP contribution in [0.5, 0.6) is 0 Å². The van der Waals surface area contributed by atoms with Gasteiger partial charge in [0.1, 0.15) is 6.33 Å². The number of amides is 2. The third-order valence-corrected chi connectivity index (χ3v) is 9.57. The van der Waals surface area contributed by atoms with E-state index in [2.05, 4.69) is 36.5 Å². The van der Waals surface area contributed by atoms with Gasteiger partial charge < -0.3 is 20.3 Å². The second kappa shape index (κ2) is 13.3. The zero-order valence-electron chi connectivity index (χ0n) is 24.1. The molecule has 0 unspecified atom stereocenters. The van der Waals surface area contributed by atoms with E-state index >= 15 is 0 Å². The fourth-order valence-electron chi connectivity index (χ4n) is 4.89. The van der Waals surface area contributed by atoms with Crippen molar-refractivity contribution < 1.29 is 17.9 Å². The number of hydrogen-bond acceptors (Lipinski definition) is 12. The highest BCUT2D eigenvalue weighted by molar-refractivity contribution is 7.88. The predicted octanol–water partition coefficient (Wildman–Crippen LogP) is 2.61. The van der Waals surface area contributed by atoms with Gasteiger partial charge in [0.25, 0.3) is 0 Å². The highest BCUT2D eigenvalue weighted by Crippen LogP contribution is 2.30. The lowest BCUT2D eigenvalue weighted by molar-refractivity contribution is 0.122. The largest absolute Gasteiger partial charge is 0.378 e. The minimum absolute atomic E-state index is 0.407. The molecule has 4 aromatic rings. The van der Waals surface area contributed by atoms with Crippen molar-refractivity contribution in [3.63, 3.8) is 0 Å². The zero-order valence-corrected chi connectivity index (χ0v) is 25.7. The molecular formula is C28H32N10O4S2. The Labute approximate surface area is 259 Å². The fourth-order valence-corrected chi connectivity index (χ4v) is 6.70. The lowest BCUT2D eigenvalue weighted by Crippen LogP contribution is -2.47. The Balaban J connectivity index is 1.19. The summed E-state index contributed by atoms with van der Waals surface area (Å²) in [5, 5.41) is 5.49. The molecule has 14 nitrogen and oxygen atoms in total. The number of anilines is 3. The Kier molecular flexibility index (Phi) is 9.04. The second-order valence-corrected chi connectivity index (χ2v) is 13.5. The number of piperazine rings is 1. The van der Waals surface area contributed by atoms with Crippen LogP contribution >= 0.6 is 11.3 Å². The molecule has 0 spiro atoms. The van der Waals surface area contributed by atoms with Gasteiger partial charge >= 0.3 is 6.03 Å². The average Bonchev–Trinajstić information content (AvgIpc) is 3.50. The summed E-state index contributed by atoms with van der Waals surface area (Å²) in [5.41, 5.74) is 1.87. The van der Waals surface area contributed by atoms with Crippen molar-refractivity contribution in [3.05, 3.63) is 60.0 Å². The maximum atomic E-state index is 12.4. The van der Waals surface area contributed by atoms with Crippen LogP contribution in [0.3, 0.4) is 0 Å². The first kappa shape index (κ1) is 30.0. The molecule has 0 aliphatic carbocycles. The highest BCUT2D eigenvalue weighted by atomic mass is 32.2. The first-order valence-electron chi connectivity index (χ1n) is 14.1. The van der Waals surface area contributed by atoms with Gasteiger partial charge in [0.15, 0.2) is 11.6 Å². The number of aromatic nitrogens is 5. The van der Waals surface area contributed by atoms with Gasteiger partial charge in [0.05, 0.1) is 42.4 Å². The molecule has 0 atom stereocenters. The predicted molar refractivity (Wildman–Crippen MR) is 168 cm³/mol. The molecule has 0 radical (unpaired) electrons. The number of ether oxygens (including phenoxy) is 1. The maximum Gasteiger partial charge on any atom is 0.323 e. The summed E-state index contributed by atoms with van der Waals surface area (Å²) in [6.07, 6.45) is 5.68. The molecule has 3 aromatic heterocycles. The van der Waals surface area contributed by atoms with E-state index < -0.39 is 16.1 Å². The van der Waals surface area contributed by atoms with Gasteiger partial charge in [0.2, 0.25) is 16.0 Å². The van der Waals surface area contributed by atoms with Gasteiger partial charge in [-0.25, -0.2) is 28.2 Å². The SMILES string of the molecule is CS(=O)(=O)N1CCN(Cc2ccc(-c3nc(-c4ccc(NC(=O)Nc5cncnc5)cc4)nc(N4CCOCC4)n3)s2)CC1. The van der Waals surface area contributed by atoms with Crippen LogP contribution in [0.4, 0.5) is 22.1 Å². The van der Waals surface area contributed by atoms with Crippen LogP contribution in [0.15, 0.2) is 55.1 Å². The molecule has 0 bridgehead atoms. The number of carbonyl (C=O) groups excluding carboxylic acids is 1. The van der Waals surface area contributed by atoms with Crippen molar-refractivity contribution in [2.75, 3.05) is 74.3 Å². The van der Waals surface area contributed by atoms with Crippen LogP contribution in [0.25, 0.3) is 22.1 Å². The van der Waals surface area contributed by atoms with E-state index in [1.165, 1.54) is 29.3 Å². The molecule has 5 heterocycles. The number of carbonyl (C=O) groups is 1. The van der Waals surface area contributed by atoms with Crippen LogP contribution < -0.4 is 15.5 Å². The van der Waals surface area contributed by atoms with E-state index in [9.17, 15) is 13.2 Å². The first-order chi connectivity index (χ1) is 21.3. The van der Waals surface area contributed by atoms with Crippen LogP contribution in [-0.2, 0) is 21.3 Å². The summed E-state index contributed by atoms with van der Waals surface area (Å²) in [7, 11) is -3.16. The Morgan fingerprint density at radius 1 is 0.864 bits per heavy atom. The Morgan fingerprint density at radius 2 is 1.55 bits per heavy atom. The lowest BCUT2D eigenvalue weighted by atomic mass is 10.2. The molecular weight excluding hydrogens is 605 g/mol. The van der Waals surface area contributed by atoms with E-state index in [-0.39, 0.29) is 0 Å². The first-order valence-corrected chi connectivity index (χ1v) is 16.8. The van der Waals surface area contributed by atoms with Crippen LogP contribution in [0.2, 0.25) is 0 Å². The molecule has 0 saturated carbocycles. The topological polar surface area (TPSA) is 159 Å². The number of urea groups is 1. The molecule has 6 rings (SSSR count). The summed E-state index contributed by atoms with van der Waals surface area (Å²) in [5.74, 6) is 1.70. The van der Waals surface area contributed by atoms with Gasteiger partial charge in [-0.05, 0) is 36.4 Å². The van der Waals surface area contributed by atoms with Gasteiger partial charge in [0, 0.05) is 61.9 Å². The Hall–Kier alpha value is -4.09. The average molecular weight is 637 g/mol. The van der Waals surface area contributed by atoms with Crippen LogP contribution in [0, 0.1) is 0 Å². The molecule has 2 saturated heterocycles. The zero-order chi connectivity index (χ0) is 30.5. The van der Waals surface area contributed by atoms with Gasteiger partial charge in [-0.3, -0.25) is 4.90 Å². The number of hydrogen-bond donors (Lipinski definition) is 2. The number of nitrogens with one attached hydrogen (secondary N) is 2. The maximum absolute atomic E-state index is 12.4. The Bertz CT molecular complexity index is 1690. The van der Waals surface area contributed by atoms with Crippen molar-refractivity contribution in [2.24, 2.45) is 0 Å². The van der Waals surface area contributed by atoms with Crippen molar-refractivity contribution >= 4 is 44.7 Å². The van der Waals surface area contributed by atoms with Crippen molar-refractivity contribution in [1.29, 1.82) is 0 Å². The van der Waals surface area contributed by atoms with E-state index in [4.69, 9.17) is 19.7 Å². The number of morpholine rings is 1. The van der Waals surface area contributed by atoms with E-state index in [1.807, 2.05) is 18.2 Å². The number of benzene rings is 1. The number of sulfonamides is 1. The summed E-state index contributed by atoms with van der Waals surface area (Å²) < 4.78 is 30.8. The molecule has 1 aromatic carbocycles. The number of nitrogens with zero attached hydrogens (tertiary/aromatic N) is 8. The minimum atomic E-state index is -3.16. The van der Waals surface area contributed by atoms with Gasteiger partial charge in [-0.15, -0.1) is 11.3 Å². The number of rotatable bonds is 8. The summed E-state index contributed by atoms with van der Waals surface area (Å²) in [6.45, 7) is 5.67. The van der Waals surface area contributed by atoms with Crippen LogP contribution in [0.1, 0.15) is 4.88 Å². The van der Waals surface area contributed by atoms with E-state index in [1.54, 1.807) is 23.5 Å². The minimum Gasteiger partial charge on any atom is -0.378 e. The van der Waals surface area contributed by atoms with E-state index in [0.29, 0.717) is 81.5 Å². The molecule has 16 heteroatoms. The van der Waals surface area contributed by atoms with Gasteiger partial charge in [-0.2, -0.15) is 14.3 Å². The van der Waals surface area contributed by atoms with Gasteiger partial charge in [-0.1, -0.05) is 0 Å². The molecule has 44 heavy (non-hydrogen) atoms. The van der Waals surface area contributed by atoms with Crippen molar-refractivity contribution in [1.82, 2.24) is 34.1 Å². The molecule has 230 valence electrons. The molecule has 2 N–H and O–H groups in total. The Morgan fingerprint density at radius 3 is 2.25 bits per heavy atom. The molecule has 2 aliphatic rings. The third kappa shape index (κ3) is 7.51. The highest BCUT2D eigenvalue weighted by Gasteiger charge is 2.24. The fraction of sp³-hybridized carbons (Fsp3) is 0.357. The van der Waals surface area contributed by atoms with E-state index in [0.717, 1.165) is 21.9 Å². The van der Waals surface area contributed by atoms with Crippen molar-refractivity contribution in [3.8, 4) is 22.1 Å². The van der Waals surface area contributed by atoms with Crippen molar-refractivity contribution in [2.45, 2.75) is 6.54 Å². The summed E-state index contributed by atoms with van der Waals surface area (Å²) in [6, 6.07) is 11.0. The summed E-state index contributed by atoms with van der Waals surface area (Å²) >= 11 is 1.62. The second-order valence-electron chi connectivity index (χ2n) is 10.4. The lowest BCUT2D eigenvalue weighted by Gasteiger charge is -2.32. The van der Waals surface area contributed by atoms with Crippen LogP contribution in [-0.4, -0.2) is 107 Å². The molecule has 2 aliphatic heterocycles. The monoisotopic (exact) mass is 636 g/mol.